The van der Waals surface area contributed by atoms with E-state index in [0.29, 0.717) is 33.6 Å². The number of benzene rings is 3. The molecule has 0 bridgehead atoms. The predicted octanol–water partition coefficient (Wildman–Crippen LogP) is 4.66. The van der Waals surface area contributed by atoms with Gasteiger partial charge in [0.15, 0.2) is 5.11 Å². The molecule has 1 heterocycles. The molecule has 0 aromatic heterocycles. The average molecular weight is 508 g/mol. The van der Waals surface area contributed by atoms with Crippen LogP contribution in [0, 0.1) is 0 Å². The molecule has 1 aliphatic heterocycles. The highest BCUT2D eigenvalue weighted by Crippen LogP contribution is 2.29. The Morgan fingerprint density at radius 2 is 1.66 bits per heavy atom. The monoisotopic (exact) mass is 507 g/mol. The van der Waals surface area contributed by atoms with Crippen molar-refractivity contribution in [3.63, 3.8) is 0 Å². The third-order valence-electron chi connectivity index (χ3n) is 5.57. The first-order valence-corrected chi connectivity index (χ1v) is 11.6. The summed E-state index contributed by atoms with van der Waals surface area (Å²) in [7, 11) is 1.30. The second-order valence-corrected chi connectivity index (χ2v) is 8.68. The van der Waals surface area contributed by atoms with E-state index in [1.54, 1.807) is 53.4 Å². The van der Waals surface area contributed by atoms with Crippen LogP contribution in [-0.4, -0.2) is 40.9 Å². The number of nitrogens with zero attached hydrogens (tertiary/aromatic N) is 2. The Balaban J connectivity index is 1.55. The summed E-state index contributed by atoms with van der Waals surface area (Å²) in [4.78, 5) is 41.2. The third kappa shape index (κ3) is 5.50. The first-order valence-electron chi connectivity index (χ1n) is 10.8. The zero-order valence-corrected chi connectivity index (χ0v) is 20.4. The van der Waals surface area contributed by atoms with E-state index in [0.717, 1.165) is 5.56 Å². The summed E-state index contributed by atoms with van der Waals surface area (Å²) in [6, 6.07) is 22.0. The molecule has 0 saturated carbocycles. The second-order valence-electron chi connectivity index (χ2n) is 7.88. The lowest BCUT2D eigenvalue weighted by Crippen LogP contribution is -2.37. The first kappa shape index (κ1) is 24.4. The van der Waals surface area contributed by atoms with Crippen LogP contribution >= 0.6 is 23.8 Å². The van der Waals surface area contributed by atoms with Gasteiger partial charge in [0.1, 0.15) is 6.04 Å². The summed E-state index contributed by atoms with van der Waals surface area (Å²) in [6.07, 6.45) is -0.103. The lowest BCUT2D eigenvalue weighted by Gasteiger charge is -2.24. The quantitative estimate of drug-likeness (QED) is 0.370. The van der Waals surface area contributed by atoms with Crippen molar-refractivity contribution in [3.8, 4) is 0 Å². The van der Waals surface area contributed by atoms with E-state index in [2.05, 4.69) is 10.1 Å². The van der Waals surface area contributed by atoms with Gasteiger partial charge in [-0.15, -0.1) is 0 Å². The number of carbonyl (C=O) groups is 3. The highest BCUT2D eigenvalue weighted by atomic mass is 35.5. The van der Waals surface area contributed by atoms with Crippen LogP contribution in [-0.2, 0) is 20.9 Å². The number of thiocarbonyl (C=S) groups is 1. The molecule has 3 aromatic carbocycles. The minimum atomic E-state index is -0.785. The van der Waals surface area contributed by atoms with Gasteiger partial charge in [-0.05, 0) is 66.3 Å². The van der Waals surface area contributed by atoms with Gasteiger partial charge >= 0.3 is 5.97 Å². The zero-order valence-electron chi connectivity index (χ0n) is 18.8. The molecule has 0 aliphatic carbocycles. The lowest BCUT2D eigenvalue weighted by atomic mass is 10.1. The Bertz CT molecular complexity index is 1250. The van der Waals surface area contributed by atoms with Crippen LogP contribution in [0.4, 0.5) is 11.4 Å². The van der Waals surface area contributed by atoms with Crippen LogP contribution < -0.4 is 10.2 Å². The fourth-order valence-electron chi connectivity index (χ4n) is 3.82. The van der Waals surface area contributed by atoms with Gasteiger partial charge in [-0.25, -0.2) is 4.79 Å². The average Bonchev–Trinajstić information content (AvgIpc) is 3.09. The van der Waals surface area contributed by atoms with Crippen LogP contribution in [0.3, 0.4) is 0 Å². The van der Waals surface area contributed by atoms with Gasteiger partial charge < -0.3 is 15.0 Å². The number of amides is 2. The Kier molecular flexibility index (Phi) is 7.43. The van der Waals surface area contributed by atoms with Gasteiger partial charge in [-0.2, -0.15) is 0 Å². The summed E-state index contributed by atoms with van der Waals surface area (Å²) in [5, 5.41) is 3.65. The van der Waals surface area contributed by atoms with Gasteiger partial charge in [-0.3, -0.25) is 14.5 Å². The summed E-state index contributed by atoms with van der Waals surface area (Å²) in [5.41, 5.74) is 2.42. The molecule has 0 spiro atoms. The van der Waals surface area contributed by atoms with E-state index in [1.807, 2.05) is 30.3 Å². The molecule has 35 heavy (non-hydrogen) atoms. The molecule has 9 heteroatoms. The lowest BCUT2D eigenvalue weighted by molar-refractivity contribution is -0.124. The zero-order chi connectivity index (χ0) is 24.9. The van der Waals surface area contributed by atoms with Crippen molar-refractivity contribution in [2.75, 3.05) is 17.3 Å². The fraction of sp³-hybridized carbons (Fsp3) is 0.154. The Morgan fingerprint density at radius 3 is 2.29 bits per heavy atom. The number of rotatable bonds is 7. The van der Waals surface area contributed by atoms with Gasteiger partial charge in [-0.1, -0.05) is 41.9 Å². The van der Waals surface area contributed by atoms with E-state index in [9.17, 15) is 14.4 Å². The van der Waals surface area contributed by atoms with Gasteiger partial charge in [0.2, 0.25) is 5.91 Å². The predicted molar refractivity (Wildman–Crippen MR) is 138 cm³/mol. The maximum Gasteiger partial charge on any atom is 0.337 e. The maximum atomic E-state index is 13.5. The van der Waals surface area contributed by atoms with Crippen LogP contribution in [0.2, 0.25) is 5.02 Å². The minimum absolute atomic E-state index is 0.103. The number of hydrogen-bond donors (Lipinski definition) is 1. The number of halogens is 1. The summed E-state index contributed by atoms with van der Waals surface area (Å²) >= 11 is 11.7. The number of carbonyl (C=O) groups excluding carboxylic acids is 3. The molecule has 1 aliphatic rings. The van der Waals surface area contributed by atoms with Crippen LogP contribution in [0.15, 0.2) is 78.9 Å². The molecule has 1 atom stereocenters. The maximum absolute atomic E-state index is 13.5. The van der Waals surface area contributed by atoms with E-state index < -0.39 is 12.0 Å². The molecular formula is C26H22ClN3O4S. The molecule has 1 N–H and O–H groups in total. The van der Waals surface area contributed by atoms with Gasteiger partial charge in [0, 0.05) is 17.3 Å². The van der Waals surface area contributed by atoms with E-state index in [1.165, 1.54) is 12.0 Å². The van der Waals surface area contributed by atoms with E-state index in [-0.39, 0.29) is 18.2 Å². The molecule has 7 nitrogen and oxygen atoms in total. The molecule has 1 fully saturated rings. The number of esters is 1. The van der Waals surface area contributed by atoms with Crippen molar-refractivity contribution in [1.29, 1.82) is 0 Å². The number of hydrogen-bond acceptors (Lipinski definition) is 5. The molecule has 3 aromatic rings. The highest BCUT2D eigenvalue weighted by molar-refractivity contribution is 7.80. The Labute approximate surface area is 213 Å². The number of anilines is 2. The van der Waals surface area contributed by atoms with Crippen molar-refractivity contribution in [1.82, 2.24) is 4.90 Å². The number of nitrogens with one attached hydrogen (secondary N) is 1. The molecule has 0 unspecified atom stereocenters. The summed E-state index contributed by atoms with van der Waals surface area (Å²) in [6.45, 7) is 0.376. The SMILES string of the molecule is COC(=O)c1ccc(NC(=O)C[C@H]2C(=O)N(c3ccc(Cl)cc3)C(=S)N2Cc2ccccc2)cc1. The standard InChI is InChI=1S/C26H22ClN3O4S/c1-34-25(33)18-7-11-20(12-8-18)28-23(31)15-22-24(32)30(21-13-9-19(27)10-14-21)26(35)29(22)16-17-5-3-2-4-6-17/h2-14,22H,15-16H2,1H3,(H,28,31)/t22-/m0/s1. The second kappa shape index (κ2) is 10.7. The van der Waals surface area contributed by atoms with Crippen LogP contribution in [0.1, 0.15) is 22.3 Å². The first-order chi connectivity index (χ1) is 16.9. The smallest absolute Gasteiger partial charge is 0.337 e. The van der Waals surface area contributed by atoms with Gasteiger partial charge in [0.25, 0.3) is 5.91 Å². The summed E-state index contributed by atoms with van der Waals surface area (Å²) in [5.74, 6) is -1.11. The number of methoxy groups -OCH3 is 1. The minimum Gasteiger partial charge on any atom is -0.465 e. The Morgan fingerprint density at radius 1 is 1.00 bits per heavy atom. The van der Waals surface area contributed by atoms with Crippen molar-refractivity contribution < 1.29 is 19.1 Å². The molecular weight excluding hydrogens is 486 g/mol. The third-order valence-corrected chi connectivity index (χ3v) is 6.24. The van der Waals surface area contributed by atoms with E-state index >= 15 is 0 Å². The van der Waals surface area contributed by atoms with Gasteiger partial charge in [0.05, 0.1) is 24.8 Å². The van der Waals surface area contributed by atoms with Crippen molar-refractivity contribution in [3.05, 3.63) is 95.0 Å². The van der Waals surface area contributed by atoms with Crippen molar-refractivity contribution >= 4 is 58.1 Å². The molecule has 4 rings (SSSR count). The van der Waals surface area contributed by atoms with Crippen molar-refractivity contribution in [2.45, 2.75) is 19.0 Å². The Hall–Kier alpha value is -3.75. The normalized spacial score (nSPS) is 15.3. The van der Waals surface area contributed by atoms with Crippen LogP contribution in [0.25, 0.3) is 0 Å². The highest BCUT2D eigenvalue weighted by Gasteiger charge is 2.44. The molecule has 0 radical (unpaired) electrons. The summed E-state index contributed by atoms with van der Waals surface area (Å²) < 4.78 is 4.69. The fourth-order valence-corrected chi connectivity index (χ4v) is 4.33. The van der Waals surface area contributed by atoms with Crippen molar-refractivity contribution in [2.24, 2.45) is 0 Å². The molecule has 2 amide bonds. The number of ether oxygens (including phenoxy) is 1. The molecule has 178 valence electrons. The van der Waals surface area contributed by atoms with Crippen LogP contribution in [0.5, 0.6) is 0 Å². The largest absolute Gasteiger partial charge is 0.465 e. The van der Waals surface area contributed by atoms with E-state index in [4.69, 9.17) is 23.8 Å². The topological polar surface area (TPSA) is 78.9 Å². The molecule has 1 saturated heterocycles.